The van der Waals surface area contributed by atoms with Crippen LogP contribution < -0.4 is 5.32 Å². The van der Waals surface area contributed by atoms with Crippen LogP contribution in [-0.4, -0.2) is 18.5 Å². The number of carbonyl (C=O) groups excluding carboxylic acids is 2. The SMILES string of the molecule is CCOC(=O)C(C)(C)C(=O)N[C@H](C)c1ccccc1. The molecule has 1 aromatic carbocycles. The zero-order valence-electron chi connectivity index (χ0n) is 11.9. The molecular formula is C15H21NO3. The normalized spacial score (nSPS) is 12.6. The second-order valence-corrected chi connectivity index (χ2v) is 4.95. The highest BCUT2D eigenvalue weighted by Crippen LogP contribution is 2.20. The summed E-state index contributed by atoms with van der Waals surface area (Å²) in [6.45, 7) is 7.01. The van der Waals surface area contributed by atoms with E-state index in [9.17, 15) is 9.59 Å². The van der Waals surface area contributed by atoms with Gasteiger partial charge in [0.2, 0.25) is 5.91 Å². The molecule has 0 bridgehead atoms. The molecule has 104 valence electrons. The summed E-state index contributed by atoms with van der Waals surface area (Å²) in [6, 6.07) is 9.45. The molecule has 0 saturated carbocycles. The first-order valence-corrected chi connectivity index (χ1v) is 6.42. The maximum atomic E-state index is 12.2. The molecule has 0 heterocycles. The second kappa shape index (κ2) is 6.36. The second-order valence-electron chi connectivity index (χ2n) is 4.95. The number of benzene rings is 1. The quantitative estimate of drug-likeness (QED) is 0.656. The van der Waals surface area contributed by atoms with E-state index in [1.54, 1.807) is 20.8 Å². The molecule has 0 spiro atoms. The van der Waals surface area contributed by atoms with Crippen LogP contribution in [-0.2, 0) is 14.3 Å². The van der Waals surface area contributed by atoms with Crippen molar-refractivity contribution in [2.45, 2.75) is 33.7 Å². The largest absolute Gasteiger partial charge is 0.465 e. The van der Waals surface area contributed by atoms with E-state index in [1.165, 1.54) is 0 Å². The van der Waals surface area contributed by atoms with E-state index < -0.39 is 11.4 Å². The third-order valence-electron chi connectivity index (χ3n) is 3.00. The van der Waals surface area contributed by atoms with E-state index in [2.05, 4.69) is 5.32 Å². The molecule has 0 aliphatic carbocycles. The lowest BCUT2D eigenvalue weighted by Gasteiger charge is -2.24. The monoisotopic (exact) mass is 263 g/mol. The molecular weight excluding hydrogens is 242 g/mol. The van der Waals surface area contributed by atoms with Crippen molar-refractivity contribution in [1.82, 2.24) is 5.32 Å². The molecule has 1 N–H and O–H groups in total. The molecule has 0 saturated heterocycles. The van der Waals surface area contributed by atoms with Gasteiger partial charge in [-0.2, -0.15) is 0 Å². The van der Waals surface area contributed by atoms with Crippen LogP contribution in [0.3, 0.4) is 0 Å². The molecule has 1 rings (SSSR count). The van der Waals surface area contributed by atoms with Gasteiger partial charge in [0.1, 0.15) is 5.41 Å². The topological polar surface area (TPSA) is 55.4 Å². The first-order chi connectivity index (χ1) is 8.89. The molecule has 4 heteroatoms. The Hall–Kier alpha value is -1.84. The minimum Gasteiger partial charge on any atom is -0.465 e. The van der Waals surface area contributed by atoms with Crippen molar-refractivity contribution in [3.8, 4) is 0 Å². The fourth-order valence-electron chi connectivity index (χ4n) is 1.61. The van der Waals surface area contributed by atoms with Crippen LogP contribution in [0.15, 0.2) is 30.3 Å². The van der Waals surface area contributed by atoms with Gasteiger partial charge in [-0.3, -0.25) is 9.59 Å². The Morgan fingerprint density at radius 2 is 1.84 bits per heavy atom. The number of ether oxygens (including phenoxy) is 1. The van der Waals surface area contributed by atoms with Crippen LogP contribution >= 0.6 is 0 Å². The summed E-state index contributed by atoms with van der Waals surface area (Å²) in [5, 5.41) is 2.84. The van der Waals surface area contributed by atoms with E-state index in [4.69, 9.17) is 4.74 Å². The van der Waals surface area contributed by atoms with Gasteiger partial charge in [-0.05, 0) is 33.3 Å². The third-order valence-corrected chi connectivity index (χ3v) is 3.00. The smallest absolute Gasteiger partial charge is 0.321 e. The summed E-state index contributed by atoms with van der Waals surface area (Å²) in [5.41, 5.74) is -0.186. The fourth-order valence-corrected chi connectivity index (χ4v) is 1.61. The highest BCUT2D eigenvalue weighted by Gasteiger charge is 2.38. The van der Waals surface area contributed by atoms with Gasteiger partial charge in [-0.1, -0.05) is 30.3 Å². The summed E-state index contributed by atoms with van der Waals surface area (Å²) in [5.74, 6) is -0.838. The molecule has 0 fully saturated rings. The van der Waals surface area contributed by atoms with Crippen LogP contribution in [0.2, 0.25) is 0 Å². The first kappa shape index (κ1) is 15.2. The van der Waals surface area contributed by atoms with E-state index >= 15 is 0 Å². The molecule has 1 amide bonds. The molecule has 19 heavy (non-hydrogen) atoms. The Bertz CT molecular complexity index is 440. The van der Waals surface area contributed by atoms with E-state index in [0.717, 1.165) is 5.56 Å². The average molecular weight is 263 g/mol. The van der Waals surface area contributed by atoms with Crippen LogP contribution in [0.4, 0.5) is 0 Å². The van der Waals surface area contributed by atoms with Crippen molar-refractivity contribution in [3.63, 3.8) is 0 Å². The van der Waals surface area contributed by atoms with Gasteiger partial charge in [-0.25, -0.2) is 0 Å². The predicted octanol–water partition coefficient (Wildman–Crippen LogP) is 2.45. The van der Waals surface area contributed by atoms with Crippen LogP contribution in [0.1, 0.15) is 39.3 Å². The highest BCUT2D eigenvalue weighted by atomic mass is 16.5. The molecule has 0 unspecified atom stereocenters. The van der Waals surface area contributed by atoms with Gasteiger partial charge in [-0.15, -0.1) is 0 Å². The van der Waals surface area contributed by atoms with Gasteiger partial charge in [0, 0.05) is 0 Å². The molecule has 1 aromatic rings. The molecule has 0 aromatic heterocycles. The lowest BCUT2D eigenvalue weighted by atomic mass is 9.91. The van der Waals surface area contributed by atoms with Crippen LogP contribution in [0, 0.1) is 5.41 Å². The number of amides is 1. The highest BCUT2D eigenvalue weighted by molar-refractivity contribution is 6.01. The van der Waals surface area contributed by atoms with Crippen molar-refractivity contribution in [2.24, 2.45) is 5.41 Å². The predicted molar refractivity (Wildman–Crippen MR) is 73.4 cm³/mol. The number of rotatable bonds is 5. The van der Waals surface area contributed by atoms with Gasteiger partial charge < -0.3 is 10.1 Å². The minimum atomic E-state index is -1.18. The number of carbonyl (C=O) groups is 2. The summed E-state index contributed by atoms with van der Waals surface area (Å²) < 4.78 is 4.92. The fraction of sp³-hybridized carbons (Fsp3) is 0.467. The molecule has 0 radical (unpaired) electrons. The maximum Gasteiger partial charge on any atom is 0.321 e. The van der Waals surface area contributed by atoms with Crippen molar-refractivity contribution in [2.75, 3.05) is 6.61 Å². The van der Waals surface area contributed by atoms with Gasteiger partial charge in [0.25, 0.3) is 0 Å². The molecule has 4 nitrogen and oxygen atoms in total. The molecule has 1 atom stereocenters. The summed E-state index contributed by atoms with van der Waals surface area (Å²) >= 11 is 0. The number of hydrogen-bond donors (Lipinski definition) is 1. The summed E-state index contributed by atoms with van der Waals surface area (Å²) in [6.07, 6.45) is 0. The van der Waals surface area contributed by atoms with Crippen molar-refractivity contribution in [3.05, 3.63) is 35.9 Å². The maximum absolute atomic E-state index is 12.2. The van der Waals surface area contributed by atoms with E-state index in [-0.39, 0.29) is 18.6 Å². The summed E-state index contributed by atoms with van der Waals surface area (Å²) in [7, 11) is 0. The average Bonchev–Trinajstić information content (AvgIpc) is 2.39. The Balaban J connectivity index is 2.71. The molecule has 0 aliphatic heterocycles. The lowest BCUT2D eigenvalue weighted by Crippen LogP contribution is -2.44. The van der Waals surface area contributed by atoms with E-state index in [0.29, 0.717) is 0 Å². The van der Waals surface area contributed by atoms with Crippen molar-refractivity contribution < 1.29 is 14.3 Å². The Labute approximate surface area is 114 Å². The number of esters is 1. The Morgan fingerprint density at radius 3 is 2.37 bits per heavy atom. The van der Waals surface area contributed by atoms with Gasteiger partial charge in [0.15, 0.2) is 0 Å². The van der Waals surface area contributed by atoms with Crippen molar-refractivity contribution >= 4 is 11.9 Å². The number of nitrogens with one attached hydrogen (secondary N) is 1. The first-order valence-electron chi connectivity index (χ1n) is 6.42. The number of hydrogen-bond acceptors (Lipinski definition) is 3. The van der Waals surface area contributed by atoms with Gasteiger partial charge >= 0.3 is 5.97 Å². The van der Waals surface area contributed by atoms with Crippen LogP contribution in [0.5, 0.6) is 0 Å². The summed E-state index contributed by atoms with van der Waals surface area (Å²) in [4.78, 5) is 23.9. The zero-order chi connectivity index (χ0) is 14.5. The van der Waals surface area contributed by atoms with Crippen LogP contribution in [0.25, 0.3) is 0 Å². The Kier molecular flexibility index (Phi) is 5.10. The lowest BCUT2D eigenvalue weighted by molar-refractivity contribution is -0.158. The van der Waals surface area contributed by atoms with Crippen molar-refractivity contribution in [1.29, 1.82) is 0 Å². The molecule has 0 aliphatic rings. The Morgan fingerprint density at radius 1 is 1.26 bits per heavy atom. The minimum absolute atomic E-state index is 0.151. The zero-order valence-corrected chi connectivity index (χ0v) is 11.9. The van der Waals surface area contributed by atoms with E-state index in [1.807, 2.05) is 37.3 Å². The van der Waals surface area contributed by atoms with Gasteiger partial charge in [0.05, 0.1) is 12.6 Å². The standard InChI is InChI=1S/C15H21NO3/c1-5-19-14(18)15(3,4)13(17)16-11(2)12-9-7-6-8-10-12/h6-11H,5H2,1-4H3,(H,16,17)/t11-/m1/s1. The third kappa shape index (κ3) is 3.81.